The average Bonchev–Trinajstić information content (AvgIpc) is 2.03. The molecule has 0 spiro atoms. The van der Waals surface area contributed by atoms with Gasteiger partial charge in [0.25, 0.3) is 0 Å². The number of hydrogen-bond donors (Lipinski definition) is 0. The summed E-state index contributed by atoms with van der Waals surface area (Å²) in [7, 11) is -3.10. The van der Waals surface area contributed by atoms with E-state index in [1.54, 1.807) is 0 Å². The lowest BCUT2D eigenvalue weighted by molar-refractivity contribution is 0.301. The normalized spacial score (nSPS) is 26.5. The Labute approximate surface area is 73.8 Å². The Balaban J connectivity index is 2.81. The topological polar surface area (TPSA) is 37.4 Å². The van der Waals surface area contributed by atoms with Crippen LogP contribution in [0.3, 0.4) is 0 Å². The highest BCUT2D eigenvalue weighted by Gasteiger charge is 2.27. The van der Waals surface area contributed by atoms with E-state index in [0.717, 1.165) is 19.3 Å². The van der Waals surface area contributed by atoms with Crippen molar-refractivity contribution < 1.29 is 8.42 Å². The second kappa shape index (κ2) is 3.46. The molecular weight excluding hydrogens is 174 g/mol. The Hall–Kier alpha value is -0.530. The van der Waals surface area contributed by atoms with Crippen molar-refractivity contribution in [3.8, 4) is 12.3 Å². The predicted octanol–water partition coefficient (Wildman–Crippen LogP) is 0.434. The first kappa shape index (κ1) is 9.56. The van der Waals surface area contributed by atoms with Crippen LogP contribution in [0.5, 0.6) is 0 Å². The number of rotatable bonds is 1. The number of nitrogens with zero attached hydrogens (tertiary/aromatic N) is 1. The Kier molecular flexibility index (Phi) is 2.76. The monoisotopic (exact) mass is 187 g/mol. The van der Waals surface area contributed by atoms with Gasteiger partial charge in [-0.3, -0.25) is 0 Å². The summed E-state index contributed by atoms with van der Waals surface area (Å²) in [6.45, 7) is 0.577. The van der Waals surface area contributed by atoms with Gasteiger partial charge in [0, 0.05) is 6.54 Å². The summed E-state index contributed by atoms with van der Waals surface area (Å²) < 4.78 is 23.8. The fourth-order valence-corrected chi connectivity index (χ4v) is 2.56. The van der Waals surface area contributed by atoms with Gasteiger partial charge in [-0.05, 0) is 19.3 Å². The molecule has 1 aliphatic heterocycles. The third-order valence-corrected chi connectivity index (χ3v) is 3.36. The van der Waals surface area contributed by atoms with Gasteiger partial charge in [0.05, 0.1) is 12.3 Å². The van der Waals surface area contributed by atoms with Gasteiger partial charge in [-0.25, -0.2) is 8.42 Å². The minimum atomic E-state index is -3.10. The molecule has 0 N–H and O–H groups in total. The van der Waals surface area contributed by atoms with Crippen molar-refractivity contribution in [2.45, 2.75) is 25.3 Å². The van der Waals surface area contributed by atoms with Gasteiger partial charge in [0.15, 0.2) is 0 Å². The zero-order valence-electron chi connectivity index (χ0n) is 7.16. The molecule has 3 nitrogen and oxygen atoms in total. The number of piperidine rings is 1. The van der Waals surface area contributed by atoms with Gasteiger partial charge in [0.1, 0.15) is 0 Å². The van der Waals surface area contributed by atoms with Crippen molar-refractivity contribution in [2.75, 3.05) is 12.8 Å². The molecule has 0 bridgehead atoms. The van der Waals surface area contributed by atoms with E-state index in [9.17, 15) is 8.42 Å². The molecule has 68 valence electrons. The molecule has 1 atom stereocenters. The molecule has 0 aromatic rings. The van der Waals surface area contributed by atoms with Crippen LogP contribution in [-0.4, -0.2) is 31.6 Å². The molecule has 0 aromatic carbocycles. The van der Waals surface area contributed by atoms with Crippen LogP contribution in [0, 0.1) is 12.3 Å². The smallest absolute Gasteiger partial charge is 0.212 e. The summed E-state index contributed by atoms with van der Waals surface area (Å²) in [5.74, 6) is 2.51. The van der Waals surface area contributed by atoms with E-state index in [1.807, 2.05) is 0 Å². The molecule has 4 heteroatoms. The van der Waals surface area contributed by atoms with Crippen LogP contribution in [0.4, 0.5) is 0 Å². The van der Waals surface area contributed by atoms with Crippen molar-refractivity contribution >= 4 is 10.0 Å². The van der Waals surface area contributed by atoms with Crippen LogP contribution in [0.1, 0.15) is 19.3 Å². The molecule has 0 aliphatic carbocycles. The molecule has 1 heterocycles. The van der Waals surface area contributed by atoms with E-state index < -0.39 is 10.0 Å². The van der Waals surface area contributed by atoms with Crippen LogP contribution in [-0.2, 0) is 10.0 Å². The standard InChI is InChI=1S/C8H13NO2S/c1-3-8-6-4-5-7-9(8)12(2,10)11/h1,8H,4-7H2,2H3. The zero-order valence-corrected chi connectivity index (χ0v) is 7.97. The van der Waals surface area contributed by atoms with Crippen molar-refractivity contribution in [1.29, 1.82) is 0 Å². The predicted molar refractivity (Wildman–Crippen MR) is 48.0 cm³/mol. The lowest BCUT2D eigenvalue weighted by Gasteiger charge is -2.29. The summed E-state index contributed by atoms with van der Waals surface area (Å²) in [6.07, 6.45) is 9.19. The maximum atomic E-state index is 11.2. The van der Waals surface area contributed by atoms with E-state index in [2.05, 4.69) is 5.92 Å². The SMILES string of the molecule is C#CC1CCCCN1S(C)(=O)=O. The minimum absolute atomic E-state index is 0.214. The van der Waals surface area contributed by atoms with Gasteiger partial charge in [0.2, 0.25) is 10.0 Å². The molecule has 1 rings (SSSR count). The molecule has 0 aromatic heterocycles. The van der Waals surface area contributed by atoms with E-state index in [-0.39, 0.29) is 6.04 Å². The molecule has 12 heavy (non-hydrogen) atoms. The molecule has 1 unspecified atom stereocenters. The van der Waals surface area contributed by atoms with E-state index in [1.165, 1.54) is 10.6 Å². The van der Waals surface area contributed by atoms with Crippen molar-refractivity contribution in [1.82, 2.24) is 4.31 Å². The first-order valence-corrected chi connectivity index (χ1v) is 5.83. The highest BCUT2D eigenvalue weighted by molar-refractivity contribution is 7.88. The molecule has 1 aliphatic rings. The van der Waals surface area contributed by atoms with Gasteiger partial charge in [-0.2, -0.15) is 4.31 Å². The fraction of sp³-hybridized carbons (Fsp3) is 0.750. The molecule has 0 amide bonds. The summed E-state index contributed by atoms with van der Waals surface area (Å²) >= 11 is 0. The molecular formula is C8H13NO2S. The van der Waals surface area contributed by atoms with Crippen molar-refractivity contribution in [3.63, 3.8) is 0 Å². The number of sulfonamides is 1. The average molecular weight is 187 g/mol. The lowest BCUT2D eigenvalue weighted by Crippen LogP contribution is -2.42. The summed E-state index contributed by atoms with van der Waals surface area (Å²) in [5.41, 5.74) is 0. The summed E-state index contributed by atoms with van der Waals surface area (Å²) in [5, 5.41) is 0. The van der Waals surface area contributed by atoms with Crippen LogP contribution in [0.25, 0.3) is 0 Å². The first-order valence-electron chi connectivity index (χ1n) is 3.98. The van der Waals surface area contributed by atoms with E-state index in [0.29, 0.717) is 6.54 Å². The quantitative estimate of drug-likeness (QED) is 0.558. The Bertz CT molecular complexity index is 289. The largest absolute Gasteiger partial charge is 0.212 e. The van der Waals surface area contributed by atoms with Crippen molar-refractivity contribution in [3.05, 3.63) is 0 Å². The maximum absolute atomic E-state index is 11.2. The lowest BCUT2D eigenvalue weighted by atomic mass is 10.1. The second-order valence-electron chi connectivity index (χ2n) is 3.05. The maximum Gasteiger partial charge on any atom is 0.212 e. The van der Waals surface area contributed by atoms with Crippen LogP contribution in [0.15, 0.2) is 0 Å². The summed E-state index contributed by atoms with van der Waals surface area (Å²) in [4.78, 5) is 0. The fourth-order valence-electron chi connectivity index (χ4n) is 1.47. The van der Waals surface area contributed by atoms with Crippen LogP contribution >= 0.6 is 0 Å². The highest BCUT2D eigenvalue weighted by Crippen LogP contribution is 2.18. The van der Waals surface area contributed by atoms with Gasteiger partial charge < -0.3 is 0 Å². The summed E-state index contributed by atoms with van der Waals surface area (Å²) in [6, 6.07) is -0.214. The molecule has 0 saturated carbocycles. The third kappa shape index (κ3) is 1.99. The first-order chi connectivity index (χ1) is 5.55. The Morgan fingerprint density at radius 3 is 2.58 bits per heavy atom. The number of hydrogen-bond acceptors (Lipinski definition) is 2. The van der Waals surface area contributed by atoms with Crippen molar-refractivity contribution in [2.24, 2.45) is 0 Å². The van der Waals surface area contributed by atoms with Crippen LogP contribution in [0.2, 0.25) is 0 Å². The van der Waals surface area contributed by atoms with Crippen LogP contribution < -0.4 is 0 Å². The van der Waals surface area contributed by atoms with Gasteiger partial charge in [-0.15, -0.1) is 6.42 Å². The number of terminal acetylenes is 1. The minimum Gasteiger partial charge on any atom is -0.212 e. The zero-order chi connectivity index (χ0) is 9.19. The van der Waals surface area contributed by atoms with E-state index >= 15 is 0 Å². The van der Waals surface area contributed by atoms with E-state index in [4.69, 9.17) is 6.42 Å². The highest BCUT2D eigenvalue weighted by atomic mass is 32.2. The Morgan fingerprint density at radius 2 is 2.17 bits per heavy atom. The molecule has 1 fully saturated rings. The van der Waals surface area contributed by atoms with Gasteiger partial charge >= 0.3 is 0 Å². The third-order valence-electron chi connectivity index (χ3n) is 2.07. The molecule has 1 saturated heterocycles. The van der Waals surface area contributed by atoms with Gasteiger partial charge in [-0.1, -0.05) is 5.92 Å². The Morgan fingerprint density at radius 1 is 1.50 bits per heavy atom. The molecule has 0 radical (unpaired) electrons. The second-order valence-corrected chi connectivity index (χ2v) is 4.99.